The summed E-state index contributed by atoms with van der Waals surface area (Å²) in [5, 5.41) is 3.87. The fourth-order valence-electron chi connectivity index (χ4n) is 3.56. The van der Waals surface area contributed by atoms with Crippen LogP contribution in [0.1, 0.15) is 44.2 Å². The van der Waals surface area contributed by atoms with Crippen LogP contribution in [0.2, 0.25) is 10.0 Å². The first-order valence-corrected chi connectivity index (χ1v) is 9.98. The molecule has 28 heavy (non-hydrogen) atoms. The van der Waals surface area contributed by atoms with Crippen LogP contribution in [0.5, 0.6) is 0 Å². The zero-order chi connectivity index (χ0) is 20.4. The molecule has 2 heterocycles. The second kappa shape index (κ2) is 8.41. The van der Waals surface area contributed by atoms with Crippen LogP contribution >= 0.6 is 23.2 Å². The van der Waals surface area contributed by atoms with E-state index in [0.29, 0.717) is 44.7 Å². The molecule has 148 valence electrons. The fourth-order valence-corrected chi connectivity index (χ4v) is 3.98. The lowest BCUT2D eigenvalue weighted by Crippen LogP contribution is -2.33. The predicted octanol–water partition coefficient (Wildman–Crippen LogP) is 4.96. The lowest BCUT2D eigenvalue weighted by molar-refractivity contribution is -0.138. The smallest absolute Gasteiger partial charge is 0.336 e. The van der Waals surface area contributed by atoms with Crippen LogP contribution in [0.3, 0.4) is 0 Å². The molecule has 2 aromatic rings. The van der Waals surface area contributed by atoms with Crippen LogP contribution in [-0.2, 0) is 16.1 Å². The molecule has 0 saturated carbocycles. The number of hydrogen-bond acceptors (Lipinski definition) is 4. The van der Waals surface area contributed by atoms with E-state index in [1.165, 1.54) is 0 Å². The molecule has 1 aromatic carbocycles. The highest BCUT2D eigenvalue weighted by atomic mass is 35.5. The molecule has 0 saturated heterocycles. The van der Waals surface area contributed by atoms with Crippen molar-refractivity contribution in [2.24, 2.45) is 0 Å². The summed E-state index contributed by atoms with van der Waals surface area (Å²) in [6.45, 7) is 6.35. The summed E-state index contributed by atoms with van der Waals surface area (Å²) in [4.78, 5) is 26.1. The van der Waals surface area contributed by atoms with Gasteiger partial charge in [-0.2, -0.15) is 0 Å². The van der Waals surface area contributed by atoms with Crippen molar-refractivity contribution in [2.75, 3.05) is 11.9 Å². The van der Waals surface area contributed by atoms with Crippen molar-refractivity contribution < 1.29 is 9.53 Å². The third kappa shape index (κ3) is 3.56. The van der Waals surface area contributed by atoms with Gasteiger partial charge in [-0.25, -0.2) is 4.79 Å². The number of carbonyl (C=O) groups is 1. The van der Waals surface area contributed by atoms with Gasteiger partial charge in [-0.1, -0.05) is 42.3 Å². The molecular formula is C21H22Cl2N2O3. The Morgan fingerprint density at radius 3 is 2.68 bits per heavy atom. The van der Waals surface area contributed by atoms with Crippen LogP contribution in [0.25, 0.3) is 0 Å². The first-order chi connectivity index (χ1) is 13.4. The quantitative estimate of drug-likeness (QED) is 0.694. The molecule has 0 aliphatic carbocycles. The van der Waals surface area contributed by atoms with Crippen molar-refractivity contribution in [1.82, 2.24) is 4.57 Å². The van der Waals surface area contributed by atoms with Gasteiger partial charge in [-0.15, -0.1) is 0 Å². The van der Waals surface area contributed by atoms with E-state index in [1.54, 1.807) is 42.8 Å². The molecule has 0 amide bonds. The minimum atomic E-state index is -0.668. The maximum atomic E-state index is 13.3. The molecule has 7 heteroatoms. The first-order valence-electron chi connectivity index (χ1n) is 9.22. The second-order valence-corrected chi connectivity index (χ2v) is 7.39. The van der Waals surface area contributed by atoms with Gasteiger partial charge >= 0.3 is 5.97 Å². The fraction of sp³-hybridized carbons (Fsp3) is 0.333. The molecule has 1 aromatic heterocycles. The maximum absolute atomic E-state index is 13.3. The molecule has 5 nitrogen and oxygen atoms in total. The van der Waals surface area contributed by atoms with Crippen molar-refractivity contribution in [2.45, 2.75) is 39.7 Å². The van der Waals surface area contributed by atoms with Crippen LogP contribution in [0.15, 0.2) is 46.5 Å². The number of nitrogens with one attached hydrogen (secondary N) is 1. The molecule has 1 unspecified atom stereocenters. The summed E-state index contributed by atoms with van der Waals surface area (Å²) >= 11 is 12.7. The highest BCUT2D eigenvalue weighted by Gasteiger charge is 2.37. The molecule has 3 rings (SSSR count). The van der Waals surface area contributed by atoms with Gasteiger partial charge in [0, 0.05) is 24.1 Å². The Morgan fingerprint density at radius 2 is 2.00 bits per heavy atom. The van der Waals surface area contributed by atoms with Gasteiger partial charge in [-0.3, -0.25) is 4.79 Å². The molecule has 1 N–H and O–H groups in total. The number of allylic oxidation sites excluding steroid dienone is 1. The number of carbonyl (C=O) groups excluding carboxylic acids is 1. The van der Waals surface area contributed by atoms with Gasteiger partial charge in [0.2, 0.25) is 0 Å². The van der Waals surface area contributed by atoms with Gasteiger partial charge < -0.3 is 14.6 Å². The van der Waals surface area contributed by atoms with E-state index < -0.39 is 11.9 Å². The maximum Gasteiger partial charge on any atom is 0.336 e. The number of halogens is 2. The summed E-state index contributed by atoms with van der Waals surface area (Å²) < 4.78 is 6.93. The molecule has 1 aliphatic rings. The number of rotatable bonds is 5. The topological polar surface area (TPSA) is 60.3 Å². The minimum Gasteiger partial charge on any atom is -0.463 e. The largest absolute Gasteiger partial charge is 0.463 e. The summed E-state index contributed by atoms with van der Waals surface area (Å²) in [6, 6.07) is 7.08. The average molecular weight is 421 g/mol. The van der Waals surface area contributed by atoms with E-state index >= 15 is 0 Å². The van der Waals surface area contributed by atoms with E-state index in [4.69, 9.17) is 27.9 Å². The monoisotopic (exact) mass is 420 g/mol. The SMILES string of the molecule is CCCn1ccc2c(c1=O)C(c1cccc(Cl)c1Cl)C(C(=O)OCC)=C(C)N2. The van der Waals surface area contributed by atoms with E-state index in [0.717, 1.165) is 6.42 Å². The molecular weight excluding hydrogens is 399 g/mol. The number of pyridine rings is 1. The Hall–Kier alpha value is -2.24. The first kappa shape index (κ1) is 20.5. The van der Waals surface area contributed by atoms with Crippen LogP contribution in [0, 0.1) is 0 Å². The van der Waals surface area contributed by atoms with E-state index in [9.17, 15) is 9.59 Å². The zero-order valence-corrected chi connectivity index (χ0v) is 17.5. The lowest BCUT2D eigenvalue weighted by Gasteiger charge is -2.30. The summed E-state index contributed by atoms with van der Waals surface area (Å²) in [5.74, 6) is -1.15. The van der Waals surface area contributed by atoms with Crippen molar-refractivity contribution in [1.29, 1.82) is 0 Å². The van der Waals surface area contributed by atoms with Gasteiger partial charge in [0.25, 0.3) is 5.56 Å². The normalized spacial score (nSPS) is 15.8. The third-order valence-electron chi connectivity index (χ3n) is 4.76. The summed E-state index contributed by atoms with van der Waals surface area (Å²) in [5.41, 5.74) is 2.55. The summed E-state index contributed by atoms with van der Waals surface area (Å²) in [6.07, 6.45) is 2.57. The van der Waals surface area contributed by atoms with Crippen LogP contribution < -0.4 is 10.9 Å². The zero-order valence-electron chi connectivity index (χ0n) is 16.0. The molecule has 0 radical (unpaired) electrons. The van der Waals surface area contributed by atoms with Gasteiger partial charge in [0.1, 0.15) is 0 Å². The summed E-state index contributed by atoms with van der Waals surface area (Å²) in [7, 11) is 0. The number of nitrogens with zero attached hydrogens (tertiary/aromatic N) is 1. The number of fused-ring (bicyclic) bond motifs is 1. The predicted molar refractivity (Wildman–Crippen MR) is 112 cm³/mol. The van der Waals surface area contributed by atoms with Crippen molar-refractivity contribution >= 4 is 34.9 Å². The Balaban J connectivity index is 2.32. The second-order valence-electron chi connectivity index (χ2n) is 6.60. The third-order valence-corrected chi connectivity index (χ3v) is 5.59. The minimum absolute atomic E-state index is 0.165. The number of benzene rings is 1. The van der Waals surface area contributed by atoms with Gasteiger partial charge in [0.05, 0.1) is 33.7 Å². The van der Waals surface area contributed by atoms with Crippen molar-refractivity contribution in [3.05, 3.63) is 73.3 Å². The van der Waals surface area contributed by atoms with Gasteiger partial charge in [0.15, 0.2) is 0 Å². The van der Waals surface area contributed by atoms with Crippen LogP contribution in [-0.4, -0.2) is 17.1 Å². The molecule has 0 bridgehead atoms. The van der Waals surface area contributed by atoms with E-state index in [-0.39, 0.29) is 12.2 Å². The van der Waals surface area contributed by atoms with E-state index in [2.05, 4.69) is 5.32 Å². The van der Waals surface area contributed by atoms with Crippen molar-refractivity contribution in [3.8, 4) is 0 Å². The van der Waals surface area contributed by atoms with Crippen molar-refractivity contribution in [3.63, 3.8) is 0 Å². The number of anilines is 1. The lowest BCUT2D eigenvalue weighted by atomic mass is 9.81. The molecule has 1 aliphatic heterocycles. The van der Waals surface area contributed by atoms with E-state index in [1.807, 2.05) is 13.0 Å². The van der Waals surface area contributed by atoms with Gasteiger partial charge in [-0.05, 0) is 38.0 Å². The highest BCUT2D eigenvalue weighted by Crippen LogP contribution is 2.44. The number of hydrogen-bond donors (Lipinski definition) is 1. The molecule has 1 atom stereocenters. The molecule has 0 spiro atoms. The number of aromatic nitrogens is 1. The number of ether oxygens (including phenoxy) is 1. The Morgan fingerprint density at radius 1 is 1.25 bits per heavy atom. The van der Waals surface area contributed by atoms with Crippen LogP contribution in [0.4, 0.5) is 5.69 Å². The Labute approximate surface area is 173 Å². The number of aryl methyl sites for hydroxylation is 1. The average Bonchev–Trinajstić information content (AvgIpc) is 2.65. The standard InChI is InChI=1S/C21H22Cl2N2O3/c1-4-10-25-11-9-15-18(20(25)26)17(13-7-6-8-14(22)19(13)23)16(12(3)24-15)21(27)28-5-2/h6-9,11,17,24H,4-5,10H2,1-3H3. The Kier molecular flexibility index (Phi) is 6.16. The highest BCUT2D eigenvalue weighted by molar-refractivity contribution is 6.42. The number of esters is 1. The Bertz CT molecular complexity index is 1010. The molecule has 0 fully saturated rings.